The third kappa shape index (κ3) is 4.76. The topological polar surface area (TPSA) is 39.4 Å². The van der Waals surface area contributed by atoms with Crippen LogP contribution in [-0.4, -0.2) is 21.0 Å². The Labute approximate surface area is 110 Å². The molecule has 4 nitrogen and oxygen atoms in total. The molecule has 2 heterocycles. The van der Waals surface area contributed by atoms with Gasteiger partial charge in [0.05, 0.1) is 0 Å². The van der Waals surface area contributed by atoms with Crippen LogP contribution in [0.1, 0.15) is 33.4 Å². The molecule has 0 unspecified atom stereocenters. The molecule has 0 aliphatic rings. The summed E-state index contributed by atoms with van der Waals surface area (Å²) in [6.07, 6.45) is -3.38. The second kappa shape index (κ2) is 7.60. The van der Waals surface area contributed by atoms with Crippen LogP contribution >= 0.6 is 0 Å². The molecule has 2 aromatic rings. The zero-order chi connectivity index (χ0) is 15.1. The maximum absolute atomic E-state index is 12.0. The number of hydrogen-bond acceptors (Lipinski definition) is 3. The Morgan fingerprint density at radius 3 is 2.26 bits per heavy atom. The van der Waals surface area contributed by atoms with Gasteiger partial charge in [0.25, 0.3) is 0 Å². The van der Waals surface area contributed by atoms with Crippen molar-refractivity contribution in [3.63, 3.8) is 0 Å². The number of aryl methyl sites for hydroxylation is 1. The van der Waals surface area contributed by atoms with Gasteiger partial charge in [-0.25, -0.2) is 4.98 Å². The molecule has 0 aromatic carbocycles. The Balaban J connectivity index is 0.000000741. The molecule has 19 heavy (non-hydrogen) atoms. The molecule has 0 N–H and O–H groups in total. The SMILES string of the molecule is CC.CC.Cc1nc2cccnn2c1OC(F)(F)F. The van der Waals surface area contributed by atoms with Crippen LogP contribution in [0.2, 0.25) is 0 Å². The Hall–Kier alpha value is -1.79. The highest BCUT2D eigenvalue weighted by Crippen LogP contribution is 2.25. The zero-order valence-electron chi connectivity index (χ0n) is 11.6. The molecule has 2 rings (SSSR count). The minimum atomic E-state index is -4.74. The fourth-order valence-corrected chi connectivity index (χ4v) is 1.20. The Bertz CT molecular complexity index is 494. The van der Waals surface area contributed by atoms with E-state index in [9.17, 15) is 13.2 Å². The van der Waals surface area contributed by atoms with E-state index in [1.807, 2.05) is 27.7 Å². The lowest BCUT2D eigenvalue weighted by Crippen LogP contribution is -2.19. The summed E-state index contributed by atoms with van der Waals surface area (Å²) in [5, 5.41) is 3.72. The van der Waals surface area contributed by atoms with Gasteiger partial charge >= 0.3 is 6.36 Å². The lowest BCUT2D eigenvalue weighted by Gasteiger charge is -2.07. The van der Waals surface area contributed by atoms with Gasteiger partial charge in [0.1, 0.15) is 5.69 Å². The standard InChI is InChI=1S/C8H6F3N3O.2C2H6/c1-5-7(15-8(9,10)11)14-6(13-5)3-2-4-12-14;2*1-2/h2-4H,1H3;2*1-2H3. The van der Waals surface area contributed by atoms with Gasteiger partial charge in [-0.1, -0.05) is 27.7 Å². The number of nitrogens with zero attached hydrogens (tertiary/aromatic N) is 3. The molecule has 0 spiro atoms. The number of imidazole rings is 1. The van der Waals surface area contributed by atoms with Crippen molar-refractivity contribution in [2.45, 2.75) is 41.0 Å². The van der Waals surface area contributed by atoms with Crippen LogP contribution in [0.15, 0.2) is 18.3 Å². The van der Waals surface area contributed by atoms with Crippen molar-refractivity contribution in [3.8, 4) is 5.88 Å². The zero-order valence-corrected chi connectivity index (χ0v) is 11.6. The number of alkyl halides is 3. The number of aromatic nitrogens is 3. The van der Waals surface area contributed by atoms with Gasteiger partial charge in [-0.3, -0.25) is 0 Å². The van der Waals surface area contributed by atoms with Crippen molar-refractivity contribution in [3.05, 3.63) is 24.0 Å². The second-order valence-electron chi connectivity index (χ2n) is 2.84. The Morgan fingerprint density at radius 1 is 1.16 bits per heavy atom. The van der Waals surface area contributed by atoms with Crippen LogP contribution in [0.3, 0.4) is 0 Å². The maximum Gasteiger partial charge on any atom is 0.574 e. The molecule has 0 aliphatic heterocycles. The molecule has 2 aromatic heterocycles. The van der Waals surface area contributed by atoms with Crippen LogP contribution in [-0.2, 0) is 0 Å². The van der Waals surface area contributed by atoms with Crippen LogP contribution in [0, 0.1) is 6.92 Å². The molecule has 0 fully saturated rings. The van der Waals surface area contributed by atoms with Crippen LogP contribution in [0.25, 0.3) is 5.65 Å². The predicted molar refractivity (Wildman–Crippen MR) is 67.1 cm³/mol. The van der Waals surface area contributed by atoms with Gasteiger partial charge in [-0.15, -0.1) is 13.2 Å². The summed E-state index contributed by atoms with van der Waals surface area (Å²) in [6.45, 7) is 9.43. The number of halogens is 3. The van der Waals surface area contributed by atoms with Crippen molar-refractivity contribution in [2.24, 2.45) is 0 Å². The summed E-state index contributed by atoms with van der Waals surface area (Å²) in [7, 11) is 0. The van der Waals surface area contributed by atoms with E-state index >= 15 is 0 Å². The highest BCUT2D eigenvalue weighted by Gasteiger charge is 2.33. The lowest BCUT2D eigenvalue weighted by molar-refractivity contribution is -0.276. The number of fused-ring (bicyclic) bond motifs is 1. The van der Waals surface area contributed by atoms with E-state index < -0.39 is 12.2 Å². The minimum absolute atomic E-state index is 0.144. The van der Waals surface area contributed by atoms with E-state index in [0.717, 1.165) is 4.52 Å². The summed E-state index contributed by atoms with van der Waals surface area (Å²) < 4.78 is 40.9. The fraction of sp³-hybridized carbons (Fsp3) is 0.500. The minimum Gasteiger partial charge on any atom is -0.386 e. The molecule has 0 bridgehead atoms. The van der Waals surface area contributed by atoms with E-state index in [4.69, 9.17) is 0 Å². The van der Waals surface area contributed by atoms with Gasteiger partial charge in [0, 0.05) is 6.20 Å². The Kier molecular flexibility index (Phi) is 6.89. The highest BCUT2D eigenvalue weighted by atomic mass is 19.4. The van der Waals surface area contributed by atoms with Crippen molar-refractivity contribution in [1.29, 1.82) is 0 Å². The first-order chi connectivity index (χ1) is 8.97. The summed E-state index contributed by atoms with van der Waals surface area (Å²) in [6, 6.07) is 3.13. The largest absolute Gasteiger partial charge is 0.574 e. The smallest absolute Gasteiger partial charge is 0.386 e. The summed E-state index contributed by atoms with van der Waals surface area (Å²) in [5.41, 5.74) is 0.459. The molecule has 0 aliphatic carbocycles. The van der Waals surface area contributed by atoms with E-state index in [1.165, 1.54) is 13.1 Å². The summed E-state index contributed by atoms with van der Waals surface area (Å²) in [5.74, 6) is -0.405. The monoisotopic (exact) mass is 277 g/mol. The third-order valence-electron chi connectivity index (χ3n) is 1.73. The normalized spacial score (nSPS) is 10.1. The van der Waals surface area contributed by atoms with E-state index in [2.05, 4.69) is 14.8 Å². The molecule has 7 heteroatoms. The molecule has 0 radical (unpaired) electrons. The molecule has 0 atom stereocenters. The van der Waals surface area contributed by atoms with Gasteiger partial charge in [-0.2, -0.15) is 9.61 Å². The molecular weight excluding hydrogens is 259 g/mol. The van der Waals surface area contributed by atoms with Crippen molar-refractivity contribution in [2.75, 3.05) is 0 Å². The van der Waals surface area contributed by atoms with Gasteiger partial charge in [0.15, 0.2) is 5.65 Å². The number of rotatable bonds is 1. The quantitative estimate of drug-likeness (QED) is 0.791. The maximum atomic E-state index is 12.0. The number of hydrogen-bond donors (Lipinski definition) is 0. The van der Waals surface area contributed by atoms with Crippen LogP contribution < -0.4 is 4.74 Å². The van der Waals surface area contributed by atoms with Crippen molar-refractivity contribution < 1.29 is 17.9 Å². The van der Waals surface area contributed by atoms with Gasteiger partial charge in [-0.05, 0) is 19.1 Å². The van der Waals surface area contributed by atoms with E-state index in [-0.39, 0.29) is 5.69 Å². The summed E-state index contributed by atoms with van der Waals surface area (Å²) >= 11 is 0. The van der Waals surface area contributed by atoms with Crippen LogP contribution in [0.5, 0.6) is 5.88 Å². The lowest BCUT2D eigenvalue weighted by atomic mass is 10.5. The fourth-order valence-electron chi connectivity index (χ4n) is 1.20. The summed E-state index contributed by atoms with van der Waals surface area (Å²) in [4.78, 5) is 3.87. The Morgan fingerprint density at radius 2 is 1.74 bits per heavy atom. The first kappa shape index (κ1) is 17.2. The third-order valence-corrected chi connectivity index (χ3v) is 1.73. The first-order valence-corrected chi connectivity index (χ1v) is 6.03. The molecule has 108 valence electrons. The first-order valence-electron chi connectivity index (χ1n) is 6.03. The van der Waals surface area contributed by atoms with Gasteiger partial charge < -0.3 is 4.74 Å². The molecule has 0 amide bonds. The van der Waals surface area contributed by atoms with E-state index in [1.54, 1.807) is 12.1 Å². The molecule has 0 saturated carbocycles. The molecular formula is C12H18F3N3O. The highest BCUT2D eigenvalue weighted by molar-refractivity contribution is 5.43. The van der Waals surface area contributed by atoms with Crippen LogP contribution in [0.4, 0.5) is 13.2 Å². The second-order valence-corrected chi connectivity index (χ2v) is 2.84. The van der Waals surface area contributed by atoms with Crippen molar-refractivity contribution >= 4 is 5.65 Å². The number of ether oxygens (including phenoxy) is 1. The average molecular weight is 277 g/mol. The molecule has 0 saturated heterocycles. The van der Waals surface area contributed by atoms with Gasteiger partial charge in [0.2, 0.25) is 5.88 Å². The van der Waals surface area contributed by atoms with Crippen molar-refractivity contribution in [1.82, 2.24) is 14.6 Å². The predicted octanol–water partition coefficient (Wildman–Crippen LogP) is 3.99. The average Bonchev–Trinajstić information content (AvgIpc) is 2.69. The van der Waals surface area contributed by atoms with E-state index in [0.29, 0.717) is 5.65 Å².